The minimum atomic E-state index is -0.632. The van der Waals surface area contributed by atoms with Crippen LogP contribution in [-0.2, 0) is 9.59 Å². The highest BCUT2D eigenvalue weighted by Gasteiger charge is 2.43. The highest BCUT2D eigenvalue weighted by molar-refractivity contribution is 6.46. The van der Waals surface area contributed by atoms with Gasteiger partial charge < -0.3 is 9.64 Å². The van der Waals surface area contributed by atoms with Gasteiger partial charge in [0.1, 0.15) is 17.3 Å². The van der Waals surface area contributed by atoms with Gasteiger partial charge in [0.05, 0.1) is 23.4 Å². The van der Waals surface area contributed by atoms with Gasteiger partial charge >= 0.3 is 0 Å². The van der Waals surface area contributed by atoms with Crippen molar-refractivity contribution in [3.63, 3.8) is 0 Å². The third-order valence-electron chi connectivity index (χ3n) is 5.25. The van der Waals surface area contributed by atoms with E-state index in [0.29, 0.717) is 17.9 Å². The van der Waals surface area contributed by atoms with E-state index in [-0.39, 0.29) is 22.0 Å². The van der Waals surface area contributed by atoms with Gasteiger partial charge in [0, 0.05) is 17.8 Å². The van der Waals surface area contributed by atoms with E-state index >= 15 is 0 Å². The van der Waals surface area contributed by atoms with E-state index in [2.05, 4.69) is 0 Å². The van der Waals surface area contributed by atoms with Crippen molar-refractivity contribution in [3.8, 4) is 5.75 Å². The number of para-hydroxylation sites is 2. The molecule has 0 saturated carbocycles. The second-order valence-electron chi connectivity index (χ2n) is 7.05. The maximum Gasteiger partial charge on any atom is 0.282 e. The smallest absolute Gasteiger partial charge is 0.282 e. The molecular formula is C25H20ClFN2O3. The number of halogens is 2. The first-order valence-electron chi connectivity index (χ1n) is 10.0. The lowest BCUT2D eigenvalue weighted by atomic mass is 10.0. The molecule has 1 heterocycles. The SMILES string of the molecule is CCN(C1=C(c2ccccc2OC)C(=O)N(c2ccc(F)c(Cl)c2)C1=O)c1ccccc1. The average molecular weight is 451 g/mol. The molecule has 0 unspecified atom stereocenters. The first-order chi connectivity index (χ1) is 15.5. The Bertz CT molecular complexity index is 1230. The molecule has 2 amide bonds. The number of carbonyl (C=O) groups is 2. The molecule has 0 N–H and O–H groups in total. The predicted octanol–water partition coefficient (Wildman–Crippen LogP) is 5.30. The van der Waals surface area contributed by atoms with Crippen LogP contribution in [0.2, 0.25) is 5.02 Å². The maximum atomic E-state index is 13.7. The normalized spacial score (nSPS) is 13.7. The summed E-state index contributed by atoms with van der Waals surface area (Å²) in [5.41, 5.74) is 1.87. The van der Waals surface area contributed by atoms with Gasteiger partial charge in [-0.3, -0.25) is 9.59 Å². The van der Waals surface area contributed by atoms with Crippen molar-refractivity contribution >= 4 is 40.4 Å². The Morgan fingerprint density at radius 3 is 2.31 bits per heavy atom. The second-order valence-corrected chi connectivity index (χ2v) is 7.46. The van der Waals surface area contributed by atoms with Crippen LogP contribution in [0.1, 0.15) is 12.5 Å². The summed E-state index contributed by atoms with van der Waals surface area (Å²) < 4.78 is 19.2. The topological polar surface area (TPSA) is 49.9 Å². The first kappa shape index (κ1) is 21.6. The Balaban J connectivity index is 1.95. The van der Waals surface area contributed by atoms with Crippen molar-refractivity contribution in [2.75, 3.05) is 23.5 Å². The van der Waals surface area contributed by atoms with Gasteiger partial charge in [-0.25, -0.2) is 9.29 Å². The van der Waals surface area contributed by atoms with Gasteiger partial charge in [0.25, 0.3) is 11.8 Å². The molecule has 3 aromatic carbocycles. The molecule has 0 atom stereocenters. The average Bonchev–Trinajstić information content (AvgIpc) is 3.07. The number of anilines is 2. The molecule has 0 aromatic heterocycles. The molecule has 7 heteroatoms. The van der Waals surface area contributed by atoms with E-state index in [1.807, 2.05) is 37.3 Å². The second kappa shape index (κ2) is 8.85. The third-order valence-corrected chi connectivity index (χ3v) is 5.54. The number of ether oxygens (including phenoxy) is 1. The minimum Gasteiger partial charge on any atom is -0.496 e. The van der Waals surface area contributed by atoms with E-state index in [4.69, 9.17) is 16.3 Å². The van der Waals surface area contributed by atoms with Crippen molar-refractivity contribution in [1.29, 1.82) is 0 Å². The molecule has 162 valence electrons. The number of imide groups is 1. The van der Waals surface area contributed by atoms with Crippen LogP contribution in [0.15, 0.2) is 78.5 Å². The van der Waals surface area contributed by atoms with Crippen LogP contribution in [0.5, 0.6) is 5.75 Å². The number of hydrogen-bond acceptors (Lipinski definition) is 4. The Morgan fingerprint density at radius 1 is 0.969 bits per heavy atom. The molecule has 0 aliphatic carbocycles. The van der Waals surface area contributed by atoms with E-state index in [0.717, 1.165) is 16.7 Å². The molecule has 32 heavy (non-hydrogen) atoms. The zero-order valence-corrected chi connectivity index (χ0v) is 18.3. The van der Waals surface area contributed by atoms with Gasteiger partial charge in [-0.2, -0.15) is 0 Å². The number of benzene rings is 3. The van der Waals surface area contributed by atoms with Gasteiger partial charge in [0.15, 0.2) is 0 Å². The van der Waals surface area contributed by atoms with Crippen LogP contribution < -0.4 is 14.5 Å². The number of nitrogens with zero attached hydrogens (tertiary/aromatic N) is 2. The number of carbonyl (C=O) groups excluding carboxylic acids is 2. The molecule has 0 bridgehead atoms. The molecule has 0 fully saturated rings. The molecule has 3 aromatic rings. The standard InChI is InChI=1S/C25H20ClFN2O3/c1-3-28(16-9-5-4-6-10-16)23-22(18-11-7-8-12-21(18)32-2)24(30)29(25(23)31)17-13-14-20(27)19(26)15-17/h4-15H,3H2,1-2H3. The van der Waals surface area contributed by atoms with Gasteiger partial charge in [-0.05, 0) is 43.3 Å². The summed E-state index contributed by atoms with van der Waals surface area (Å²) in [6.07, 6.45) is 0. The monoisotopic (exact) mass is 450 g/mol. The summed E-state index contributed by atoms with van der Waals surface area (Å²) in [5, 5.41) is -0.175. The minimum absolute atomic E-state index is 0.175. The molecule has 4 rings (SSSR count). The van der Waals surface area contributed by atoms with E-state index in [1.54, 1.807) is 29.2 Å². The fourth-order valence-electron chi connectivity index (χ4n) is 3.80. The van der Waals surface area contributed by atoms with E-state index in [1.165, 1.54) is 19.2 Å². The highest BCUT2D eigenvalue weighted by atomic mass is 35.5. The zero-order valence-electron chi connectivity index (χ0n) is 17.5. The maximum absolute atomic E-state index is 13.7. The van der Waals surface area contributed by atoms with Crippen molar-refractivity contribution < 1.29 is 18.7 Å². The fraction of sp³-hybridized carbons (Fsp3) is 0.120. The lowest BCUT2D eigenvalue weighted by Gasteiger charge is -2.25. The van der Waals surface area contributed by atoms with Gasteiger partial charge in [-0.1, -0.05) is 48.0 Å². The molecule has 0 saturated heterocycles. The molecule has 0 radical (unpaired) electrons. The van der Waals surface area contributed by atoms with E-state index in [9.17, 15) is 14.0 Å². The predicted molar refractivity (Wildman–Crippen MR) is 123 cm³/mol. The summed E-state index contributed by atoms with van der Waals surface area (Å²) in [7, 11) is 1.51. The summed E-state index contributed by atoms with van der Waals surface area (Å²) in [4.78, 5) is 30.2. The summed E-state index contributed by atoms with van der Waals surface area (Å²) in [5.74, 6) is -1.23. The molecule has 1 aliphatic rings. The fourth-order valence-corrected chi connectivity index (χ4v) is 3.97. The summed E-state index contributed by atoms with van der Waals surface area (Å²) in [6, 6.07) is 20.1. The van der Waals surface area contributed by atoms with Crippen LogP contribution in [0, 0.1) is 5.82 Å². The van der Waals surface area contributed by atoms with Crippen molar-refractivity contribution in [2.45, 2.75) is 6.92 Å². The zero-order chi connectivity index (χ0) is 22.8. The Kier molecular flexibility index (Phi) is 5.97. The van der Waals surface area contributed by atoms with Crippen molar-refractivity contribution in [3.05, 3.63) is 94.9 Å². The van der Waals surface area contributed by atoms with Crippen molar-refractivity contribution in [1.82, 2.24) is 0 Å². The van der Waals surface area contributed by atoms with Crippen LogP contribution in [-0.4, -0.2) is 25.5 Å². The lowest BCUT2D eigenvalue weighted by molar-refractivity contribution is -0.120. The van der Waals surface area contributed by atoms with Crippen LogP contribution >= 0.6 is 11.6 Å². The van der Waals surface area contributed by atoms with Gasteiger partial charge in [-0.15, -0.1) is 0 Å². The molecular weight excluding hydrogens is 431 g/mol. The first-order valence-corrected chi connectivity index (χ1v) is 10.4. The Labute approximate surface area is 190 Å². The number of rotatable bonds is 6. The molecule has 5 nitrogen and oxygen atoms in total. The third kappa shape index (κ3) is 3.63. The van der Waals surface area contributed by atoms with Crippen LogP contribution in [0.25, 0.3) is 5.57 Å². The lowest BCUT2D eigenvalue weighted by Crippen LogP contribution is -2.35. The number of amides is 2. The molecule has 1 aliphatic heterocycles. The largest absolute Gasteiger partial charge is 0.496 e. The van der Waals surface area contributed by atoms with E-state index < -0.39 is 17.6 Å². The molecule has 0 spiro atoms. The Morgan fingerprint density at radius 2 is 1.66 bits per heavy atom. The van der Waals surface area contributed by atoms with Crippen LogP contribution in [0.3, 0.4) is 0 Å². The summed E-state index contributed by atoms with van der Waals surface area (Å²) in [6.45, 7) is 2.34. The number of likely N-dealkylation sites (N-methyl/N-ethyl adjacent to an activating group) is 1. The number of hydrogen-bond donors (Lipinski definition) is 0. The van der Waals surface area contributed by atoms with Gasteiger partial charge in [0.2, 0.25) is 0 Å². The van der Waals surface area contributed by atoms with Crippen molar-refractivity contribution in [2.24, 2.45) is 0 Å². The quantitative estimate of drug-likeness (QED) is 0.478. The van der Waals surface area contributed by atoms with Crippen LogP contribution in [0.4, 0.5) is 15.8 Å². The Hall–Kier alpha value is -3.64. The summed E-state index contributed by atoms with van der Waals surface area (Å²) >= 11 is 5.94. The highest BCUT2D eigenvalue weighted by Crippen LogP contribution is 2.40. The number of methoxy groups -OCH3 is 1.